The first-order chi connectivity index (χ1) is 9.75. The number of hydrogen-bond acceptors (Lipinski definition) is 2. The van der Waals surface area contributed by atoms with Crippen molar-refractivity contribution >= 4 is 10.8 Å². The molecule has 2 aromatic carbocycles. The second-order valence-corrected chi connectivity index (χ2v) is 5.95. The molecule has 0 bridgehead atoms. The van der Waals surface area contributed by atoms with Crippen molar-refractivity contribution in [3.63, 3.8) is 0 Å². The summed E-state index contributed by atoms with van der Waals surface area (Å²) < 4.78 is 0. The largest absolute Gasteiger partial charge is 0.507 e. The number of aromatic hydroxyl groups is 1. The second-order valence-electron chi connectivity index (χ2n) is 5.95. The van der Waals surface area contributed by atoms with E-state index in [1.807, 2.05) is 24.3 Å². The molecule has 1 atom stereocenters. The van der Waals surface area contributed by atoms with Crippen molar-refractivity contribution in [2.75, 3.05) is 0 Å². The van der Waals surface area contributed by atoms with Gasteiger partial charge in [-0.2, -0.15) is 0 Å². The molecule has 2 aromatic rings. The van der Waals surface area contributed by atoms with E-state index in [2.05, 4.69) is 24.4 Å². The minimum atomic E-state index is 0.197. The van der Waals surface area contributed by atoms with Crippen LogP contribution in [0.5, 0.6) is 5.75 Å². The second kappa shape index (κ2) is 5.84. The number of phenols is 1. The molecule has 1 aliphatic rings. The Morgan fingerprint density at radius 2 is 1.80 bits per heavy atom. The van der Waals surface area contributed by atoms with Crippen LogP contribution in [0.1, 0.15) is 50.6 Å². The lowest BCUT2D eigenvalue weighted by Crippen LogP contribution is -2.33. The highest BCUT2D eigenvalue weighted by atomic mass is 16.3. The van der Waals surface area contributed by atoms with Crippen LogP contribution >= 0.6 is 0 Å². The summed E-state index contributed by atoms with van der Waals surface area (Å²) in [6, 6.07) is 13.0. The zero-order valence-corrected chi connectivity index (χ0v) is 12.1. The first-order valence-electron chi connectivity index (χ1n) is 7.72. The summed E-state index contributed by atoms with van der Waals surface area (Å²) in [5, 5.41) is 16.2. The van der Waals surface area contributed by atoms with Crippen LogP contribution in [0.15, 0.2) is 36.4 Å². The van der Waals surface area contributed by atoms with Crippen molar-refractivity contribution in [2.45, 2.75) is 51.1 Å². The zero-order valence-electron chi connectivity index (χ0n) is 12.1. The Balaban J connectivity index is 1.83. The molecule has 0 amide bonds. The molecular formula is C18H23NO. The molecule has 0 aromatic heterocycles. The van der Waals surface area contributed by atoms with E-state index < -0.39 is 0 Å². The lowest BCUT2D eigenvalue weighted by molar-refractivity contribution is 0.342. The third-order valence-electron chi connectivity index (χ3n) is 4.49. The summed E-state index contributed by atoms with van der Waals surface area (Å²) in [5.41, 5.74) is 1.01. The normalized spacial score (nSPS) is 18.2. The van der Waals surface area contributed by atoms with E-state index in [1.54, 1.807) is 0 Å². The van der Waals surface area contributed by atoms with Gasteiger partial charge in [-0.15, -0.1) is 0 Å². The van der Waals surface area contributed by atoms with Crippen molar-refractivity contribution < 1.29 is 5.11 Å². The topological polar surface area (TPSA) is 32.3 Å². The molecule has 2 nitrogen and oxygen atoms in total. The van der Waals surface area contributed by atoms with Gasteiger partial charge in [0.1, 0.15) is 5.75 Å². The molecule has 2 heteroatoms. The SMILES string of the molecule is CC(NC1CCCCC1)c1ccc2ccccc2c1O. The smallest absolute Gasteiger partial charge is 0.128 e. The Morgan fingerprint density at radius 1 is 1.05 bits per heavy atom. The molecule has 2 N–H and O–H groups in total. The van der Waals surface area contributed by atoms with Crippen LogP contribution in [0.4, 0.5) is 0 Å². The Kier molecular flexibility index (Phi) is 3.93. The molecule has 1 fully saturated rings. The van der Waals surface area contributed by atoms with Gasteiger partial charge in [0.25, 0.3) is 0 Å². The Bertz CT molecular complexity index is 587. The highest BCUT2D eigenvalue weighted by Gasteiger charge is 2.18. The summed E-state index contributed by atoms with van der Waals surface area (Å²) >= 11 is 0. The van der Waals surface area contributed by atoms with Crippen LogP contribution in [0.2, 0.25) is 0 Å². The lowest BCUT2D eigenvalue weighted by Gasteiger charge is -2.27. The quantitative estimate of drug-likeness (QED) is 0.858. The molecule has 1 aliphatic carbocycles. The minimum Gasteiger partial charge on any atom is -0.507 e. The van der Waals surface area contributed by atoms with Gasteiger partial charge in [0, 0.05) is 23.0 Å². The van der Waals surface area contributed by atoms with Gasteiger partial charge in [0.2, 0.25) is 0 Å². The summed E-state index contributed by atoms with van der Waals surface area (Å²) in [6.07, 6.45) is 6.55. The lowest BCUT2D eigenvalue weighted by atomic mass is 9.93. The Labute approximate surface area is 120 Å². The van der Waals surface area contributed by atoms with E-state index in [9.17, 15) is 5.11 Å². The van der Waals surface area contributed by atoms with Crippen molar-refractivity contribution in [1.29, 1.82) is 0 Å². The van der Waals surface area contributed by atoms with Crippen molar-refractivity contribution in [3.8, 4) is 5.75 Å². The zero-order chi connectivity index (χ0) is 13.9. The fraction of sp³-hybridized carbons (Fsp3) is 0.444. The molecule has 1 saturated carbocycles. The molecule has 0 aliphatic heterocycles. The molecule has 1 unspecified atom stereocenters. The number of fused-ring (bicyclic) bond motifs is 1. The van der Waals surface area contributed by atoms with Gasteiger partial charge in [-0.3, -0.25) is 0 Å². The molecule has 0 radical (unpaired) electrons. The van der Waals surface area contributed by atoms with E-state index in [1.165, 1.54) is 32.1 Å². The summed E-state index contributed by atoms with van der Waals surface area (Å²) in [5.74, 6) is 0.430. The monoisotopic (exact) mass is 269 g/mol. The predicted molar refractivity (Wildman–Crippen MR) is 84.0 cm³/mol. The first kappa shape index (κ1) is 13.4. The van der Waals surface area contributed by atoms with Gasteiger partial charge in [-0.1, -0.05) is 55.7 Å². The van der Waals surface area contributed by atoms with Gasteiger partial charge in [-0.25, -0.2) is 0 Å². The van der Waals surface area contributed by atoms with E-state index >= 15 is 0 Å². The average Bonchev–Trinajstić information content (AvgIpc) is 2.49. The summed E-state index contributed by atoms with van der Waals surface area (Å²) in [4.78, 5) is 0. The van der Waals surface area contributed by atoms with Crippen LogP contribution in [-0.4, -0.2) is 11.1 Å². The summed E-state index contributed by atoms with van der Waals surface area (Å²) in [6.45, 7) is 2.15. The standard InChI is InChI=1S/C18H23NO/c1-13(19-15-8-3-2-4-9-15)16-12-11-14-7-5-6-10-17(14)18(16)20/h5-7,10-13,15,19-20H,2-4,8-9H2,1H3. The van der Waals surface area contributed by atoms with E-state index in [4.69, 9.17) is 0 Å². The van der Waals surface area contributed by atoms with Crippen LogP contribution in [0.25, 0.3) is 10.8 Å². The number of hydrogen-bond donors (Lipinski definition) is 2. The van der Waals surface area contributed by atoms with Crippen LogP contribution in [-0.2, 0) is 0 Å². The number of rotatable bonds is 3. The third-order valence-corrected chi connectivity index (χ3v) is 4.49. The van der Waals surface area contributed by atoms with E-state index in [-0.39, 0.29) is 6.04 Å². The maximum absolute atomic E-state index is 10.5. The fourth-order valence-corrected chi connectivity index (χ4v) is 3.33. The van der Waals surface area contributed by atoms with E-state index in [0.717, 1.165) is 16.3 Å². The highest BCUT2D eigenvalue weighted by molar-refractivity contribution is 5.89. The number of benzene rings is 2. The maximum Gasteiger partial charge on any atom is 0.128 e. The maximum atomic E-state index is 10.5. The van der Waals surface area contributed by atoms with Gasteiger partial charge in [0.15, 0.2) is 0 Å². The van der Waals surface area contributed by atoms with Crippen molar-refractivity contribution in [1.82, 2.24) is 5.32 Å². The molecule has 20 heavy (non-hydrogen) atoms. The molecule has 0 heterocycles. The molecule has 3 rings (SSSR count). The Morgan fingerprint density at radius 3 is 2.60 bits per heavy atom. The van der Waals surface area contributed by atoms with E-state index in [0.29, 0.717) is 11.8 Å². The van der Waals surface area contributed by atoms with Crippen molar-refractivity contribution in [3.05, 3.63) is 42.0 Å². The van der Waals surface area contributed by atoms with Crippen LogP contribution in [0.3, 0.4) is 0 Å². The van der Waals surface area contributed by atoms with Gasteiger partial charge < -0.3 is 10.4 Å². The van der Waals surface area contributed by atoms with Gasteiger partial charge >= 0.3 is 0 Å². The first-order valence-corrected chi connectivity index (χ1v) is 7.72. The summed E-state index contributed by atoms with van der Waals surface area (Å²) in [7, 11) is 0. The fourth-order valence-electron chi connectivity index (χ4n) is 3.33. The van der Waals surface area contributed by atoms with Crippen LogP contribution < -0.4 is 5.32 Å². The van der Waals surface area contributed by atoms with Crippen LogP contribution in [0, 0.1) is 0 Å². The van der Waals surface area contributed by atoms with Gasteiger partial charge in [0.05, 0.1) is 0 Å². The van der Waals surface area contributed by atoms with Gasteiger partial charge in [-0.05, 0) is 25.2 Å². The number of phenolic OH excluding ortho intramolecular Hbond substituents is 1. The predicted octanol–water partition coefficient (Wildman–Crippen LogP) is 4.53. The molecular weight excluding hydrogens is 246 g/mol. The number of nitrogens with one attached hydrogen (secondary N) is 1. The van der Waals surface area contributed by atoms with Crippen molar-refractivity contribution in [2.24, 2.45) is 0 Å². The molecule has 0 spiro atoms. The molecule has 0 saturated heterocycles. The minimum absolute atomic E-state index is 0.197. The average molecular weight is 269 g/mol. The third kappa shape index (κ3) is 2.66. The Hall–Kier alpha value is -1.54. The highest BCUT2D eigenvalue weighted by Crippen LogP contribution is 2.33. The molecule has 106 valence electrons.